The van der Waals surface area contributed by atoms with Crippen LogP contribution in [0.4, 0.5) is 0 Å². The molecule has 0 saturated carbocycles. The van der Waals surface area contributed by atoms with Crippen LogP contribution in [0.3, 0.4) is 0 Å². The first-order valence-corrected chi connectivity index (χ1v) is 19.7. The molecule has 0 spiro atoms. The van der Waals surface area contributed by atoms with Crippen LogP contribution in [0.15, 0.2) is 202 Å². The van der Waals surface area contributed by atoms with E-state index in [4.69, 9.17) is 14.4 Å². The van der Waals surface area contributed by atoms with Gasteiger partial charge in [-0.3, -0.25) is 4.57 Å². The normalized spacial score (nSPS) is 14.6. The lowest BCUT2D eigenvalue weighted by atomic mass is 10.0. The zero-order chi connectivity index (χ0) is 38.3. The number of rotatable bonds is 4. The lowest BCUT2D eigenvalue weighted by Gasteiger charge is -2.32. The van der Waals surface area contributed by atoms with Gasteiger partial charge in [-0.15, -0.1) is 0 Å². The van der Waals surface area contributed by atoms with Crippen molar-refractivity contribution in [2.24, 2.45) is 9.98 Å². The Bertz CT molecular complexity index is 3430. The zero-order valence-corrected chi connectivity index (χ0v) is 31.6. The van der Waals surface area contributed by atoms with Gasteiger partial charge in [0.1, 0.15) is 11.4 Å². The van der Waals surface area contributed by atoms with E-state index in [1.165, 1.54) is 21.7 Å². The molecule has 11 aromatic rings. The first-order valence-electron chi connectivity index (χ1n) is 19.7. The molecule has 0 N–H and O–H groups in total. The molecule has 0 amide bonds. The van der Waals surface area contributed by atoms with Crippen LogP contribution in [0.2, 0.25) is 0 Å². The molecule has 1 unspecified atom stereocenters. The van der Waals surface area contributed by atoms with Gasteiger partial charge in [0.15, 0.2) is 11.7 Å². The molecule has 0 saturated heterocycles. The molecule has 3 aromatic heterocycles. The van der Waals surface area contributed by atoms with Gasteiger partial charge in [-0.2, -0.15) is 4.99 Å². The van der Waals surface area contributed by atoms with Gasteiger partial charge in [0, 0.05) is 56.2 Å². The standard InChI is InChI=1S/C52H35N5O/c1-55-50(34-18-6-3-7-19-34)53-52(57-45-28-12-8-22-37(45)38-23-9-13-29-46(38)57)54-51(55)43-26-15-25-41-42-31-30-40-39-24-10-11-27-44(39)56(47(40)49(42)58-48(41)43)36-21-14-20-35(32-36)33-16-4-2-5-17-33/h2-32,51H,1H3. The monoisotopic (exact) mass is 745 g/mol. The fraction of sp³-hybridized carbons (Fsp3) is 0.0385. The van der Waals surface area contributed by atoms with Gasteiger partial charge < -0.3 is 13.9 Å². The van der Waals surface area contributed by atoms with Crippen LogP contribution in [-0.2, 0) is 0 Å². The van der Waals surface area contributed by atoms with Crippen molar-refractivity contribution < 1.29 is 4.42 Å². The number of furan rings is 1. The second-order valence-corrected chi connectivity index (χ2v) is 15.0. The third-order valence-electron chi connectivity index (χ3n) is 11.8. The maximum Gasteiger partial charge on any atom is 0.234 e. The average Bonchev–Trinajstić information content (AvgIpc) is 3.95. The first-order chi connectivity index (χ1) is 28.7. The predicted octanol–water partition coefficient (Wildman–Crippen LogP) is 12.8. The molecule has 0 bridgehead atoms. The van der Waals surface area contributed by atoms with E-state index in [-0.39, 0.29) is 0 Å². The lowest BCUT2D eigenvalue weighted by Crippen LogP contribution is -2.36. The van der Waals surface area contributed by atoms with Gasteiger partial charge in [0.2, 0.25) is 5.96 Å². The van der Waals surface area contributed by atoms with E-state index in [0.717, 1.165) is 77.6 Å². The first kappa shape index (κ1) is 32.5. The minimum absolute atomic E-state index is 0.434. The Kier molecular flexibility index (Phi) is 7.10. The summed E-state index contributed by atoms with van der Waals surface area (Å²) in [5.74, 6) is 1.47. The molecular formula is C52H35N5O. The lowest BCUT2D eigenvalue weighted by molar-refractivity contribution is 0.380. The Hall–Kier alpha value is -7.70. The van der Waals surface area contributed by atoms with Crippen LogP contribution in [0.25, 0.3) is 82.4 Å². The van der Waals surface area contributed by atoms with E-state index >= 15 is 0 Å². The third-order valence-corrected chi connectivity index (χ3v) is 11.8. The van der Waals surface area contributed by atoms with E-state index in [9.17, 15) is 0 Å². The van der Waals surface area contributed by atoms with Crippen LogP contribution < -0.4 is 0 Å². The van der Waals surface area contributed by atoms with Gasteiger partial charge in [0.05, 0.1) is 22.1 Å². The van der Waals surface area contributed by atoms with Gasteiger partial charge in [-0.25, -0.2) is 4.99 Å². The molecule has 58 heavy (non-hydrogen) atoms. The summed E-state index contributed by atoms with van der Waals surface area (Å²) in [6.07, 6.45) is -0.434. The van der Waals surface area contributed by atoms with Crippen LogP contribution in [0.1, 0.15) is 17.3 Å². The van der Waals surface area contributed by atoms with Crippen molar-refractivity contribution in [2.75, 3.05) is 7.05 Å². The van der Waals surface area contributed by atoms with Crippen molar-refractivity contribution in [3.05, 3.63) is 199 Å². The van der Waals surface area contributed by atoms with E-state index in [2.05, 4.69) is 203 Å². The second kappa shape index (κ2) is 12.7. The molecule has 0 aliphatic carbocycles. The van der Waals surface area contributed by atoms with Crippen molar-refractivity contribution in [1.82, 2.24) is 14.0 Å². The van der Waals surface area contributed by atoms with Gasteiger partial charge in [0.25, 0.3) is 0 Å². The molecule has 6 heteroatoms. The number of aromatic nitrogens is 2. The number of nitrogens with zero attached hydrogens (tertiary/aromatic N) is 5. The quantitative estimate of drug-likeness (QED) is 0.180. The Morgan fingerprint density at radius 2 is 0.983 bits per heavy atom. The number of amidine groups is 1. The van der Waals surface area contributed by atoms with Crippen molar-refractivity contribution >= 4 is 77.3 Å². The number of fused-ring (bicyclic) bond motifs is 10. The Balaban J connectivity index is 1.11. The molecule has 6 nitrogen and oxygen atoms in total. The molecule has 4 heterocycles. The highest BCUT2D eigenvalue weighted by atomic mass is 16.3. The molecule has 0 fully saturated rings. The molecule has 0 radical (unpaired) electrons. The summed E-state index contributed by atoms with van der Waals surface area (Å²) in [6, 6.07) is 66.4. The minimum Gasteiger partial charge on any atom is -0.453 e. The largest absolute Gasteiger partial charge is 0.453 e. The van der Waals surface area contributed by atoms with Crippen LogP contribution in [0.5, 0.6) is 0 Å². The maximum atomic E-state index is 7.25. The molecule has 1 atom stereocenters. The predicted molar refractivity (Wildman–Crippen MR) is 239 cm³/mol. The molecule has 1 aliphatic rings. The number of aliphatic imine (C=N–C) groups is 2. The van der Waals surface area contributed by atoms with Gasteiger partial charge in [-0.05, 0) is 47.5 Å². The zero-order valence-electron chi connectivity index (χ0n) is 31.6. The van der Waals surface area contributed by atoms with Crippen LogP contribution >= 0.6 is 0 Å². The summed E-state index contributed by atoms with van der Waals surface area (Å²) in [4.78, 5) is 13.0. The van der Waals surface area contributed by atoms with Crippen molar-refractivity contribution in [2.45, 2.75) is 6.17 Å². The highest BCUT2D eigenvalue weighted by Crippen LogP contribution is 2.43. The fourth-order valence-electron chi connectivity index (χ4n) is 9.15. The topological polar surface area (TPSA) is 51.0 Å². The van der Waals surface area contributed by atoms with E-state index in [1.54, 1.807) is 0 Å². The number of hydrogen-bond donors (Lipinski definition) is 0. The highest BCUT2D eigenvalue weighted by molar-refractivity contribution is 6.22. The van der Waals surface area contributed by atoms with Crippen molar-refractivity contribution in [1.29, 1.82) is 0 Å². The van der Waals surface area contributed by atoms with E-state index < -0.39 is 6.17 Å². The minimum atomic E-state index is -0.434. The third kappa shape index (κ3) is 4.78. The molecule has 274 valence electrons. The summed E-state index contributed by atoms with van der Waals surface area (Å²) in [5.41, 5.74) is 11.4. The van der Waals surface area contributed by atoms with Gasteiger partial charge in [-0.1, -0.05) is 152 Å². The van der Waals surface area contributed by atoms with Crippen molar-refractivity contribution in [3.63, 3.8) is 0 Å². The van der Waals surface area contributed by atoms with Crippen molar-refractivity contribution in [3.8, 4) is 16.8 Å². The van der Waals surface area contributed by atoms with Gasteiger partial charge >= 0.3 is 0 Å². The molecule has 12 rings (SSSR count). The summed E-state index contributed by atoms with van der Waals surface area (Å²) >= 11 is 0. The molecule has 1 aliphatic heterocycles. The average molecular weight is 746 g/mol. The molecule has 8 aromatic carbocycles. The highest BCUT2D eigenvalue weighted by Gasteiger charge is 2.31. The number of para-hydroxylation sites is 4. The SMILES string of the molecule is CN1C(c2ccccc2)=NC(n2c3ccccc3c3ccccc32)=NC1c1cccc2c1oc1c2ccc2c3ccccc3n(-c3cccc(-c4ccccc4)c3)c21. The van der Waals surface area contributed by atoms with E-state index in [1.807, 2.05) is 6.07 Å². The number of hydrogen-bond acceptors (Lipinski definition) is 4. The smallest absolute Gasteiger partial charge is 0.234 e. The number of benzene rings is 8. The second-order valence-electron chi connectivity index (χ2n) is 15.0. The summed E-state index contributed by atoms with van der Waals surface area (Å²) in [7, 11) is 2.08. The Morgan fingerprint density at radius 3 is 1.69 bits per heavy atom. The maximum absolute atomic E-state index is 7.25. The van der Waals surface area contributed by atoms with Crippen LogP contribution in [0, 0.1) is 0 Å². The Morgan fingerprint density at radius 1 is 0.448 bits per heavy atom. The summed E-state index contributed by atoms with van der Waals surface area (Å²) in [5, 5.41) is 6.78. The summed E-state index contributed by atoms with van der Waals surface area (Å²) in [6.45, 7) is 0. The fourth-order valence-corrected chi connectivity index (χ4v) is 9.15. The summed E-state index contributed by atoms with van der Waals surface area (Å²) < 4.78 is 11.8. The molecular weight excluding hydrogens is 711 g/mol. The van der Waals surface area contributed by atoms with Crippen LogP contribution in [-0.4, -0.2) is 32.9 Å². The Labute approximate surface area is 333 Å². The van der Waals surface area contributed by atoms with E-state index in [0.29, 0.717) is 5.96 Å².